The molecule has 1 saturated heterocycles. The van der Waals surface area contributed by atoms with E-state index < -0.39 is 39.2 Å². The summed E-state index contributed by atoms with van der Waals surface area (Å²) in [4.78, 5) is 26.9. The summed E-state index contributed by atoms with van der Waals surface area (Å²) in [5.41, 5.74) is 0.436. The first-order valence-corrected chi connectivity index (χ1v) is 11.2. The Labute approximate surface area is 176 Å². The largest absolute Gasteiger partial charge is 0.274 e. The van der Waals surface area contributed by atoms with Crippen LogP contribution in [0.1, 0.15) is 39.2 Å². The topological polar surface area (TPSA) is 74.8 Å². The molecule has 2 amide bonds. The van der Waals surface area contributed by atoms with Crippen molar-refractivity contribution in [1.82, 2.24) is 4.31 Å². The molecule has 0 N–H and O–H groups in total. The zero-order valence-corrected chi connectivity index (χ0v) is 18.2. The second-order valence-corrected chi connectivity index (χ2v) is 9.86. The molecule has 2 aromatic rings. The standard InChI is InChI=1S/C22H25FN2O4S/c1-5-22(3,4)25(30(28,29)18-12-8-16(23)9-13-18)19-14-20(26)24(21(19)27)17-10-6-15(2)7-11-17/h6-13,19H,5,14H2,1-4H3. The van der Waals surface area contributed by atoms with Gasteiger partial charge in [-0.2, -0.15) is 4.31 Å². The molecule has 1 unspecified atom stereocenters. The number of hydrogen-bond donors (Lipinski definition) is 0. The molecular weight excluding hydrogens is 407 g/mol. The second kappa shape index (κ2) is 7.92. The third-order valence-electron chi connectivity index (χ3n) is 5.53. The maximum atomic E-state index is 13.5. The highest BCUT2D eigenvalue weighted by atomic mass is 32.2. The molecule has 1 atom stereocenters. The maximum absolute atomic E-state index is 13.5. The fourth-order valence-electron chi connectivity index (χ4n) is 3.55. The number of nitrogens with zero attached hydrogens (tertiary/aromatic N) is 2. The Morgan fingerprint density at radius 1 is 1.07 bits per heavy atom. The second-order valence-electron chi connectivity index (χ2n) is 8.04. The van der Waals surface area contributed by atoms with Crippen molar-refractivity contribution >= 4 is 27.5 Å². The Morgan fingerprint density at radius 2 is 1.63 bits per heavy atom. The van der Waals surface area contributed by atoms with Gasteiger partial charge in [0, 0.05) is 5.54 Å². The van der Waals surface area contributed by atoms with E-state index in [-0.39, 0.29) is 11.3 Å². The van der Waals surface area contributed by atoms with E-state index in [1.165, 1.54) is 12.1 Å². The summed E-state index contributed by atoms with van der Waals surface area (Å²) in [6.45, 7) is 7.12. The Hall–Kier alpha value is -2.58. The predicted octanol–water partition coefficient (Wildman–Crippen LogP) is 3.65. The number of imide groups is 1. The summed E-state index contributed by atoms with van der Waals surface area (Å²) in [7, 11) is -4.17. The number of aryl methyl sites for hydroxylation is 1. The van der Waals surface area contributed by atoms with Crippen LogP contribution in [-0.2, 0) is 19.6 Å². The highest BCUT2D eigenvalue weighted by Crippen LogP contribution is 2.35. The predicted molar refractivity (Wildman–Crippen MR) is 112 cm³/mol. The van der Waals surface area contributed by atoms with Crippen molar-refractivity contribution in [2.75, 3.05) is 4.90 Å². The van der Waals surface area contributed by atoms with Gasteiger partial charge in [-0.15, -0.1) is 0 Å². The molecule has 160 valence electrons. The van der Waals surface area contributed by atoms with E-state index in [0.717, 1.165) is 26.9 Å². The summed E-state index contributed by atoms with van der Waals surface area (Å²) in [6, 6.07) is 10.2. The molecule has 0 radical (unpaired) electrons. The Bertz CT molecular complexity index is 1060. The third kappa shape index (κ3) is 3.89. The molecule has 0 aliphatic carbocycles. The first-order valence-electron chi connectivity index (χ1n) is 9.72. The lowest BCUT2D eigenvalue weighted by atomic mass is 10.00. The van der Waals surface area contributed by atoms with Crippen LogP contribution >= 0.6 is 0 Å². The van der Waals surface area contributed by atoms with Gasteiger partial charge in [0.25, 0.3) is 5.91 Å². The van der Waals surface area contributed by atoms with Gasteiger partial charge in [-0.1, -0.05) is 24.6 Å². The van der Waals surface area contributed by atoms with Crippen LogP contribution in [-0.4, -0.2) is 36.1 Å². The van der Waals surface area contributed by atoms with Crippen molar-refractivity contribution in [2.24, 2.45) is 0 Å². The number of amides is 2. The Balaban J connectivity index is 2.07. The van der Waals surface area contributed by atoms with E-state index in [1.807, 2.05) is 13.8 Å². The monoisotopic (exact) mass is 432 g/mol. The fraction of sp³-hybridized carbons (Fsp3) is 0.364. The average molecular weight is 433 g/mol. The molecule has 2 aromatic carbocycles. The van der Waals surface area contributed by atoms with E-state index in [4.69, 9.17) is 0 Å². The molecule has 1 aliphatic rings. The fourth-order valence-corrected chi connectivity index (χ4v) is 5.54. The molecule has 0 saturated carbocycles. The molecule has 3 rings (SSSR count). The van der Waals surface area contributed by atoms with Gasteiger partial charge in [-0.25, -0.2) is 17.7 Å². The maximum Gasteiger partial charge on any atom is 0.252 e. The number of carbonyl (C=O) groups excluding carboxylic acids is 2. The minimum atomic E-state index is -4.17. The molecule has 0 bridgehead atoms. The molecule has 6 nitrogen and oxygen atoms in total. The van der Waals surface area contributed by atoms with Gasteiger partial charge in [0.1, 0.15) is 11.9 Å². The van der Waals surface area contributed by atoms with Gasteiger partial charge in [0.15, 0.2) is 0 Å². The molecular formula is C22H25FN2O4S. The number of benzene rings is 2. The summed E-state index contributed by atoms with van der Waals surface area (Å²) < 4.78 is 41.5. The van der Waals surface area contributed by atoms with E-state index in [9.17, 15) is 22.4 Å². The van der Waals surface area contributed by atoms with Crippen LogP contribution in [0.15, 0.2) is 53.4 Å². The summed E-state index contributed by atoms with van der Waals surface area (Å²) in [5, 5.41) is 0. The molecule has 1 heterocycles. The molecule has 8 heteroatoms. The van der Waals surface area contributed by atoms with Crippen LogP contribution in [0.4, 0.5) is 10.1 Å². The van der Waals surface area contributed by atoms with E-state index in [0.29, 0.717) is 12.1 Å². The number of rotatable bonds is 6. The first kappa shape index (κ1) is 22.1. The minimum Gasteiger partial charge on any atom is -0.274 e. The summed E-state index contributed by atoms with van der Waals surface area (Å²) in [5.74, 6) is -1.61. The van der Waals surface area contributed by atoms with Crippen molar-refractivity contribution in [3.8, 4) is 0 Å². The van der Waals surface area contributed by atoms with Crippen molar-refractivity contribution in [3.05, 3.63) is 59.9 Å². The van der Waals surface area contributed by atoms with Crippen molar-refractivity contribution < 1.29 is 22.4 Å². The third-order valence-corrected chi connectivity index (χ3v) is 7.66. The van der Waals surface area contributed by atoms with Crippen molar-refractivity contribution in [3.63, 3.8) is 0 Å². The average Bonchev–Trinajstić information content (AvgIpc) is 2.96. The van der Waals surface area contributed by atoms with E-state index >= 15 is 0 Å². The summed E-state index contributed by atoms with van der Waals surface area (Å²) in [6.07, 6.45) is 0.159. The highest BCUT2D eigenvalue weighted by molar-refractivity contribution is 7.89. The highest BCUT2D eigenvalue weighted by Gasteiger charge is 2.51. The molecule has 1 aliphatic heterocycles. The normalized spacial score (nSPS) is 17.8. The van der Waals surface area contributed by atoms with Crippen LogP contribution in [0, 0.1) is 12.7 Å². The lowest BCUT2D eigenvalue weighted by molar-refractivity contribution is -0.122. The Kier molecular flexibility index (Phi) is 5.84. The first-order chi connectivity index (χ1) is 14.0. The molecule has 30 heavy (non-hydrogen) atoms. The van der Waals surface area contributed by atoms with Gasteiger partial charge < -0.3 is 0 Å². The zero-order valence-electron chi connectivity index (χ0n) is 17.4. The van der Waals surface area contributed by atoms with Crippen molar-refractivity contribution in [1.29, 1.82) is 0 Å². The summed E-state index contributed by atoms with van der Waals surface area (Å²) >= 11 is 0. The van der Waals surface area contributed by atoms with Crippen molar-refractivity contribution in [2.45, 2.75) is 57.0 Å². The van der Waals surface area contributed by atoms with Crippen LogP contribution in [0.3, 0.4) is 0 Å². The van der Waals surface area contributed by atoms with Crippen LogP contribution < -0.4 is 4.90 Å². The van der Waals surface area contributed by atoms with Crippen LogP contribution in [0.2, 0.25) is 0 Å². The van der Waals surface area contributed by atoms with Gasteiger partial charge in [-0.05, 0) is 63.6 Å². The van der Waals surface area contributed by atoms with Crippen LogP contribution in [0.25, 0.3) is 0 Å². The SMILES string of the molecule is CCC(C)(C)N(C1CC(=O)N(c2ccc(C)cc2)C1=O)S(=O)(=O)c1ccc(F)cc1. The quantitative estimate of drug-likeness (QED) is 0.653. The van der Waals surface area contributed by atoms with Gasteiger partial charge in [-0.3, -0.25) is 9.59 Å². The molecule has 1 fully saturated rings. The number of halogens is 1. The smallest absolute Gasteiger partial charge is 0.252 e. The number of sulfonamides is 1. The lowest BCUT2D eigenvalue weighted by Crippen LogP contribution is -2.55. The molecule has 0 aromatic heterocycles. The van der Waals surface area contributed by atoms with Gasteiger partial charge in [0.05, 0.1) is 17.0 Å². The minimum absolute atomic E-state index is 0.126. The lowest BCUT2D eigenvalue weighted by Gasteiger charge is -2.39. The van der Waals surface area contributed by atoms with Gasteiger partial charge >= 0.3 is 0 Å². The van der Waals surface area contributed by atoms with E-state index in [2.05, 4.69) is 0 Å². The van der Waals surface area contributed by atoms with Crippen LogP contribution in [0.5, 0.6) is 0 Å². The van der Waals surface area contributed by atoms with Gasteiger partial charge in [0.2, 0.25) is 15.9 Å². The zero-order chi connectivity index (χ0) is 22.3. The number of anilines is 1. The number of hydrogen-bond acceptors (Lipinski definition) is 4. The van der Waals surface area contributed by atoms with E-state index in [1.54, 1.807) is 38.1 Å². The Morgan fingerprint density at radius 3 is 2.17 bits per heavy atom. The molecule has 0 spiro atoms. The number of carbonyl (C=O) groups is 2.